The molecule has 1 N–H and O–H groups in total. The van der Waals surface area contributed by atoms with Gasteiger partial charge >= 0.3 is 6.03 Å². The predicted octanol–water partition coefficient (Wildman–Crippen LogP) is 4.22. The first-order valence-corrected chi connectivity index (χ1v) is 11.5. The Morgan fingerprint density at radius 2 is 2.00 bits per heavy atom. The molecule has 2 fully saturated rings. The normalized spacial score (nSPS) is 20.8. The summed E-state index contributed by atoms with van der Waals surface area (Å²) in [5.41, 5.74) is 1.65. The molecule has 1 saturated heterocycles. The number of carbonyl (C=O) groups excluding carboxylic acids is 1. The molecule has 1 unspecified atom stereocenters. The summed E-state index contributed by atoms with van der Waals surface area (Å²) < 4.78 is 5.60. The average molecular weight is 432 g/mol. The minimum Gasteiger partial charge on any atom is -0.338 e. The van der Waals surface area contributed by atoms with Crippen molar-refractivity contribution in [2.24, 2.45) is 5.92 Å². The largest absolute Gasteiger partial charge is 0.338 e. The number of likely N-dealkylation sites (tertiary alicyclic amines) is 1. The van der Waals surface area contributed by atoms with E-state index in [0.717, 1.165) is 32.2 Å². The van der Waals surface area contributed by atoms with E-state index in [-0.39, 0.29) is 11.4 Å². The van der Waals surface area contributed by atoms with Crippen LogP contribution in [0.15, 0.2) is 59.3 Å². The number of nitrogens with zero attached hydrogens (tertiary/aromatic N) is 4. The summed E-state index contributed by atoms with van der Waals surface area (Å²) in [6, 6.07) is 15.9. The summed E-state index contributed by atoms with van der Waals surface area (Å²) in [6.07, 6.45) is 7.95. The van der Waals surface area contributed by atoms with Crippen LogP contribution in [0.25, 0.3) is 11.6 Å². The summed E-state index contributed by atoms with van der Waals surface area (Å²) in [7, 11) is 0. The number of aromatic nitrogens is 3. The lowest BCUT2D eigenvalue weighted by Crippen LogP contribution is -2.52. The van der Waals surface area contributed by atoms with Crippen LogP contribution >= 0.6 is 0 Å². The highest BCUT2D eigenvalue weighted by atomic mass is 16.5. The van der Waals surface area contributed by atoms with Gasteiger partial charge in [0.05, 0.1) is 5.41 Å². The van der Waals surface area contributed by atoms with Gasteiger partial charge in [0.2, 0.25) is 0 Å². The van der Waals surface area contributed by atoms with E-state index in [9.17, 15) is 4.79 Å². The fourth-order valence-corrected chi connectivity index (χ4v) is 4.72. The Labute approximate surface area is 188 Å². The van der Waals surface area contributed by atoms with E-state index in [1.165, 1.54) is 18.4 Å². The van der Waals surface area contributed by atoms with Gasteiger partial charge in [-0.3, -0.25) is 4.98 Å². The van der Waals surface area contributed by atoms with Gasteiger partial charge in [-0.05, 0) is 49.3 Å². The minimum absolute atomic E-state index is 0.00533. The number of benzene rings is 1. The van der Waals surface area contributed by atoms with Gasteiger partial charge in [-0.1, -0.05) is 54.4 Å². The van der Waals surface area contributed by atoms with Gasteiger partial charge in [0.1, 0.15) is 5.69 Å². The van der Waals surface area contributed by atoms with Crippen molar-refractivity contribution in [1.82, 2.24) is 25.3 Å². The summed E-state index contributed by atoms with van der Waals surface area (Å²) in [6.45, 7) is 2.01. The van der Waals surface area contributed by atoms with Crippen LogP contribution in [-0.4, -0.2) is 45.7 Å². The average Bonchev–Trinajstić information content (AvgIpc) is 3.50. The smallest absolute Gasteiger partial charge is 0.317 e. The van der Waals surface area contributed by atoms with Crippen molar-refractivity contribution in [1.29, 1.82) is 0 Å². The van der Waals surface area contributed by atoms with Crippen molar-refractivity contribution in [2.75, 3.05) is 19.6 Å². The van der Waals surface area contributed by atoms with Crippen molar-refractivity contribution in [3.8, 4) is 11.6 Å². The first kappa shape index (κ1) is 20.7. The zero-order valence-corrected chi connectivity index (χ0v) is 18.2. The number of rotatable bonds is 7. The lowest BCUT2D eigenvalue weighted by molar-refractivity contribution is 0.135. The molecule has 1 aliphatic carbocycles. The number of urea groups is 1. The third-order valence-corrected chi connectivity index (χ3v) is 6.56. The summed E-state index contributed by atoms with van der Waals surface area (Å²) in [5.74, 6) is 1.85. The van der Waals surface area contributed by atoms with Crippen LogP contribution in [-0.2, 0) is 11.8 Å². The number of hydrogen-bond donors (Lipinski definition) is 1. The molecule has 32 heavy (non-hydrogen) atoms. The fraction of sp³-hybridized carbons (Fsp3) is 0.440. The molecule has 0 spiro atoms. The van der Waals surface area contributed by atoms with E-state index in [1.54, 1.807) is 6.20 Å². The van der Waals surface area contributed by atoms with Crippen LogP contribution in [0.5, 0.6) is 0 Å². The number of piperidine rings is 1. The highest BCUT2D eigenvalue weighted by Gasteiger charge is 2.45. The molecule has 5 rings (SSSR count). The quantitative estimate of drug-likeness (QED) is 0.606. The first-order chi connectivity index (χ1) is 15.7. The first-order valence-electron chi connectivity index (χ1n) is 11.5. The second-order valence-corrected chi connectivity index (χ2v) is 9.06. The Morgan fingerprint density at radius 1 is 1.16 bits per heavy atom. The van der Waals surface area contributed by atoms with Crippen molar-refractivity contribution >= 4 is 6.03 Å². The monoisotopic (exact) mass is 431 g/mol. The molecule has 3 aromatic rings. The Balaban J connectivity index is 1.29. The van der Waals surface area contributed by atoms with Crippen LogP contribution < -0.4 is 5.32 Å². The Kier molecular flexibility index (Phi) is 5.88. The molecule has 1 aliphatic heterocycles. The van der Waals surface area contributed by atoms with Gasteiger partial charge in [-0.2, -0.15) is 4.98 Å². The lowest BCUT2D eigenvalue weighted by atomic mass is 9.75. The van der Waals surface area contributed by atoms with E-state index in [4.69, 9.17) is 9.51 Å². The Hall–Kier alpha value is -3.22. The van der Waals surface area contributed by atoms with E-state index in [2.05, 4.69) is 27.6 Å². The van der Waals surface area contributed by atoms with Crippen molar-refractivity contribution in [3.63, 3.8) is 0 Å². The molecule has 7 heteroatoms. The zero-order valence-electron chi connectivity index (χ0n) is 18.2. The SMILES string of the molecule is O=C(NCCc1ccccc1)N1CCCC(CC2CC2)(c2noc(-c3ccccn3)n2)C1. The van der Waals surface area contributed by atoms with E-state index < -0.39 is 0 Å². The van der Waals surface area contributed by atoms with Gasteiger partial charge in [-0.25, -0.2) is 4.79 Å². The van der Waals surface area contributed by atoms with Gasteiger partial charge in [-0.15, -0.1) is 0 Å². The fourth-order valence-electron chi connectivity index (χ4n) is 4.72. The third kappa shape index (κ3) is 4.66. The molecule has 2 aromatic heterocycles. The molecule has 1 aromatic carbocycles. The summed E-state index contributed by atoms with van der Waals surface area (Å²) >= 11 is 0. The Bertz CT molecular complexity index is 1030. The maximum absolute atomic E-state index is 13.0. The standard InChI is InChI=1S/C25H29N5O2/c31-24(27-15-12-19-7-2-1-3-8-19)30-16-6-13-25(18-30,17-20-10-11-20)23-28-22(32-29-23)21-9-4-5-14-26-21/h1-5,7-9,14,20H,6,10-13,15-18H2,(H,27,31). The molecule has 1 saturated carbocycles. The lowest BCUT2D eigenvalue weighted by Gasteiger charge is -2.41. The molecule has 2 aliphatic rings. The maximum atomic E-state index is 13.0. The van der Waals surface area contributed by atoms with E-state index in [1.807, 2.05) is 41.3 Å². The molecule has 3 heterocycles. The van der Waals surface area contributed by atoms with Crippen molar-refractivity contribution in [3.05, 3.63) is 66.1 Å². The van der Waals surface area contributed by atoms with Gasteiger partial charge in [0.15, 0.2) is 5.82 Å². The molecule has 7 nitrogen and oxygen atoms in total. The molecule has 1 atom stereocenters. The molecular weight excluding hydrogens is 402 g/mol. The van der Waals surface area contributed by atoms with Gasteiger partial charge < -0.3 is 14.7 Å². The van der Waals surface area contributed by atoms with Crippen LogP contribution in [0.2, 0.25) is 0 Å². The van der Waals surface area contributed by atoms with Crippen molar-refractivity contribution < 1.29 is 9.32 Å². The van der Waals surface area contributed by atoms with Gasteiger partial charge in [0.25, 0.3) is 5.89 Å². The van der Waals surface area contributed by atoms with Crippen LogP contribution in [0.3, 0.4) is 0 Å². The summed E-state index contributed by atoms with van der Waals surface area (Å²) in [4.78, 5) is 24.0. The van der Waals surface area contributed by atoms with E-state index in [0.29, 0.717) is 36.4 Å². The minimum atomic E-state index is -0.257. The number of pyridine rings is 1. The molecule has 2 amide bonds. The molecule has 166 valence electrons. The van der Waals surface area contributed by atoms with Crippen LogP contribution in [0.4, 0.5) is 4.79 Å². The topological polar surface area (TPSA) is 84.2 Å². The Morgan fingerprint density at radius 3 is 2.78 bits per heavy atom. The van der Waals surface area contributed by atoms with Crippen LogP contribution in [0.1, 0.15) is 43.5 Å². The number of amides is 2. The molecule has 0 bridgehead atoms. The highest BCUT2D eigenvalue weighted by Crippen LogP contribution is 2.45. The molecule has 0 radical (unpaired) electrons. The van der Waals surface area contributed by atoms with Crippen molar-refractivity contribution in [2.45, 2.75) is 43.9 Å². The highest BCUT2D eigenvalue weighted by molar-refractivity contribution is 5.74. The summed E-state index contributed by atoms with van der Waals surface area (Å²) in [5, 5.41) is 7.48. The third-order valence-electron chi connectivity index (χ3n) is 6.56. The van der Waals surface area contributed by atoms with Crippen LogP contribution in [0, 0.1) is 5.92 Å². The maximum Gasteiger partial charge on any atom is 0.317 e. The van der Waals surface area contributed by atoms with Gasteiger partial charge in [0, 0.05) is 25.8 Å². The number of carbonyl (C=O) groups is 1. The predicted molar refractivity (Wildman–Crippen MR) is 121 cm³/mol. The van der Waals surface area contributed by atoms with E-state index >= 15 is 0 Å². The number of nitrogens with one attached hydrogen (secondary N) is 1. The second kappa shape index (κ2) is 9.10. The second-order valence-electron chi connectivity index (χ2n) is 9.06. The zero-order chi connectivity index (χ0) is 21.8. The molecular formula is C25H29N5O2. The number of hydrogen-bond acceptors (Lipinski definition) is 5.